The maximum atomic E-state index is 11.6. The topological polar surface area (TPSA) is 63.2 Å². The van der Waals surface area contributed by atoms with Crippen molar-refractivity contribution in [2.75, 3.05) is 0 Å². The average Bonchev–Trinajstić information content (AvgIpc) is 2.16. The lowest BCUT2D eigenvalue weighted by Gasteiger charge is -2.08. The lowest BCUT2D eigenvalue weighted by atomic mass is 10.2. The Kier molecular flexibility index (Phi) is 4.19. The van der Waals surface area contributed by atoms with Gasteiger partial charge < -0.3 is 5.32 Å². The summed E-state index contributed by atoms with van der Waals surface area (Å²) in [6, 6.07) is 6.24. The van der Waals surface area contributed by atoms with Crippen LogP contribution in [0.5, 0.6) is 0 Å². The van der Waals surface area contributed by atoms with Gasteiger partial charge in [0.15, 0.2) is 0 Å². The van der Waals surface area contributed by atoms with Crippen molar-refractivity contribution < 1.29 is 10.9 Å². The molecular weight excluding hydrogens is 309 g/mol. The molecule has 0 heterocycles. The molecule has 15 heavy (non-hydrogen) atoms. The monoisotopic (exact) mass is 321 g/mol. The number of amides is 1. The third-order valence-corrected chi connectivity index (χ3v) is 3.59. The van der Waals surface area contributed by atoms with Gasteiger partial charge in [-0.15, -0.1) is 0 Å². The Hall–Kier alpha value is -0.980. The Bertz CT molecular complexity index is 430. The second kappa shape index (κ2) is 5.20. The Labute approximate surface area is 95.2 Å². The summed E-state index contributed by atoms with van der Waals surface area (Å²) in [6.45, 7) is 3.65. The van der Waals surface area contributed by atoms with Crippen LogP contribution >= 0.6 is 19.8 Å². The van der Waals surface area contributed by atoms with Crippen LogP contribution in [0.15, 0.2) is 24.3 Å². The minimum Gasteiger partial charge on any atom is -0.350 e. The van der Waals surface area contributed by atoms with Crippen molar-refractivity contribution in [1.29, 1.82) is 0 Å². The van der Waals surface area contributed by atoms with E-state index in [9.17, 15) is 10.9 Å². The third-order valence-electron chi connectivity index (χ3n) is 1.70. The highest BCUT2D eigenvalue weighted by molar-refractivity contribution is 14.2. The lowest BCUT2D eigenvalue weighted by molar-refractivity contribution is 0.0942. The normalized spacial score (nSPS) is 10.7. The Balaban J connectivity index is 3.08. The molecule has 0 atom stereocenters. The first kappa shape index (κ1) is 12.1. The van der Waals surface area contributed by atoms with Crippen molar-refractivity contribution in [3.63, 3.8) is 0 Å². The number of carbonyl (C=O) groups excluding carboxylic acids is 1. The van der Waals surface area contributed by atoms with Crippen molar-refractivity contribution in [3.8, 4) is 0 Å². The summed E-state index contributed by atoms with van der Waals surface area (Å²) >= 11 is -3.60. The van der Waals surface area contributed by atoms with Crippen LogP contribution in [0.25, 0.3) is 0 Å². The second-order valence-electron chi connectivity index (χ2n) is 3.33. The van der Waals surface area contributed by atoms with E-state index in [1.165, 1.54) is 12.1 Å². The van der Waals surface area contributed by atoms with Gasteiger partial charge in [0.25, 0.3) is 5.91 Å². The van der Waals surface area contributed by atoms with Crippen LogP contribution in [0.4, 0.5) is 0 Å². The largest absolute Gasteiger partial charge is 0.350 e. The maximum Gasteiger partial charge on any atom is 0.341 e. The summed E-state index contributed by atoms with van der Waals surface area (Å²) in [5.74, 6) is -0.338. The van der Waals surface area contributed by atoms with E-state index < -0.39 is 19.8 Å². The summed E-state index contributed by atoms with van der Waals surface area (Å²) < 4.78 is 22.1. The number of rotatable bonds is 3. The predicted octanol–water partition coefficient (Wildman–Crippen LogP) is 2.19. The molecule has 1 aromatic rings. The highest BCUT2D eigenvalue weighted by Gasteiger charge is 2.14. The predicted molar refractivity (Wildman–Crippen MR) is 63.1 cm³/mol. The molecule has 0 aromatic heterocycles. The molecule has 0 spiro atoms. The van der Waals surface area contributed by atoms with Gasteiger partial charge in [0.2, 0.25) is 0 Å². The van der Waals surface area contributed by atoms with Crippen LogP contribution in [0.3, 0.4) is 0 Å². The van der Waals surface area contributed by atoms with Gasteiger partial charge in [0, 0.05) is 6.04 Å². The van der Waals surface area contributed by atoms with Crippen molar-refractivity contribution in [3.05, 3.63) is 33.4 Å². The van der Waals surface area contributed by atoms with Crippen molar-refractivity contribution in [2.45, 2.75) is 19.9 Å². The zero-order chi connectivity index (χ0) is 11.4. The van der Waals surface area contributed by atoms with E-state index >= 15 is 0 Å². The van der Waals surface area contributed by atoms with E-state index in [4.69, 9.17) is 0 Å². The van der Waals surface area contributed by atoms with E-state index in [0.29, 0.717) is 0 Å². The average molecular weight is 321 g/mol. The molecule has 0 aliphatic carbocycles. The van der Waals surface area contributed by atoms with Crippen LogP contribution in [0, 0.1) is 3.57 Å². The Morgan fingerprint density at radius 3 is 2.40 bits per heavy atom. The SMILES string of the molecule is CC(C)NC(=O)c1ccccc1I(=O)=O. The number of benzene rings is 1. The van der Waals surface area contributed by atoms with Crippen molar-refractivity contribution in [1.82, 2.24) is 5.32 Å². The molecule has 0 aliphatic heterocycles. The summed E-state index contributed by atoms with van der Waals surface area (Å²) in [5.41, 5.74) is 0.237. The second-order valence-corrected chi connectivity index (χ2v) is 5.73. The fourth-order valence-electron chi connectivity index (χ4n) is 1.12. The van der Waals surface area contributed by atoms with Gasteiger partial charge in [-0.05, 0) is 26.0 Å². The van der Waals surface area contributed by atoms with Crippen molar-refractivity contribution >= 4 is 25.7 Å². The van der Waals surface area contributed by atoms with Gasteiger partial charge in [0.05, 0.1) is 9.13 Å². The summed E-state index contributed by atoms with van der Waals surface area (Å²) in [4.78, 5) is 11.6. The number of hydrogen-bond acceptors (Lipinski definition) is 3. The van der Waals surface area contributed by atoms with Crippen LogP contribution < -0.4 is 5.32 Å². The zero-order valence-corrected chi connectivity index (χ0v) is 10.6. The molecule has 82 valence electrons. The summed E-state index contributed by atoms with van der Waals surface area (Å²) in [6.07, 6.45) is 0. The fraction of sp³-hybridized carbons (Fsp3) is 0.300. The number of carbonyl (C=O) groups is 1. The summed E-state index contributed by atoms with van der Waals surface area (Å²) in [5, 5.41) is 2.66. The standard InChI is InChI=1S/C10H12INO3/c1-7(2)12-10(13)8-5-3-4-6-9(8)11(14)15/h3-7H,1-2H3,(H,12,13). The Morgan fingerprint density at radius 1 is 1.27 bits per heavy atom. The fourth-order valence-corrected chi connectivity index (χ4v) is 2.52. The molecule has 1 amide bonds. The van der Waals surface area contributed by atoms with Gasteiger partial charge in [-0.25, -0.2) is 6.14 Å². The van der Waals surface area contributed by atoms with Gasteiger partial charge in [-0.2, -0.15) is 0 Å². The molecular formula is C10H12INO3. The number of halogens is 1. The molecule has 0 fully saturated rings. The van der Waals surface area contributed by atoms with Gasteiger partial charge in [0.1, 0.15) is 0 Å². The smallest absolute Gasteiger partial charge is 0.341 e. The van der Waals surface area contributed by atoms with Crippen LogP contribution in [0.1, 0.15) is 24.2 Å². The molecule has 0 saturated carbocycles. The zero-order valence-electron chi connectivity index (χ0n) is 8.49. The first-order valence-electron chi connectivity index (χ1n) is 4.47. The molecule has 1 N–H and O–H groups in total. The molecule has 5 heteroatoms. The van der Waals surface area contributed by atoms with E-state index in [0.717, 1.165) is 0 Å². The Morgan fingerprint density at radius 2 is 1.87 bits per heavy atom. The molecule has 0 radical (unpaired) electrons. The highest BCUT2D eigenvalue weighted by Crippen LogP contribution is 2.21. The first-order valence-corrected chi connectivity index (χ1v) is 7.31. The number of hydrogen-bond donors (Lipinski definition) is 1. The minimum absolute atomic E-state index is 0.00823. The van der Waals surface area contributed by atoms with Crippen LogP contribution in [-0.4, -0.2) is 11.9 Å². The first-order chi connectivity index (χ1) is 7.02. The molecule has 1 rings (SSSR count). The van der Waals surface area contributed by atoms with E-state index in [-0.39, 0.29) is 21.1 Å². The van der Waals surface area contributed by atoms with Gasteiger partial charge in [-0.1, -0.05) is 12.1 Å². The van der Waals surface area contributed by atoms with E-state index in [2.05, 4.69) is 5.32 Å². The van der Waals surface area contributed by atoms with Crippen LogP contribution in [0.2, 0.25) is 0 Å². The summed E-state index contributed by atoms with van der Waals surface area (Å²) in [7, 11) is 0. The molecule has 0 aliphatic rings. The van der Waals surface area contributed by atoms with Gasteiger partial charge >= 0.3 is 19.8 Å². The molecule has 4 nitrogen and oxygen atoms in total. The van der Waals surface area contributed by atoms with E-state index in [1.807, 2.05) is 13.8 Å². The molecule has 0 saturated heterocycles. The quantitative estimate of drug-likeness (QED) is 0.868. The third kappa shape index (κ3) is 3.26. The minimum atomic E-state index is -3.60. The lowest BCUT2D eigenvalue weighted by Crippen LogP contribution is -2.30. The van der Waals surface area contributed by atoms with Crippen molar-refractivity contribution in [2.24, 2.45) is 0 Å². The van der Waals surface area contributed by atoms with E-state index in [1.54, 1.807) is 12.1 Å². The number of nitrogens with one attached hydrogen (secondary N) is 1. The van der Waals surface area contributed by atoms with Crippen LogP contribution in [-0.2, 0) is 6.14 Å². The highest BCUT2D eigenvalue weighted by atomic mass is 127. The molecule has 1 aromatic carbocycles. The van der Waals surface area contributed by atoms with Gasteiger partial charge in [-0.3, -0.25) is 4.79 Å². The molecule has 0 bridgehead atoms. The maximum absolute atomic E-state index is 11.6. The molecule has 0 unspecified atom stereocenters.